The van der Waals surface area contributed by atoms with Crippen molar-refractivity contribution in [3.63, 3.8) is 0 Å². The van der Waals surface area contributed by atoms with Gasteiger partial charge in [0.15, 0.2) is 11.5 Å². The van der Waals surface area contributed by atoms with E-state index in [1.165, 1.54) is 0 Å². The quantitative estimate of drug-likeness (QED) is 0.914. The highest BCUT2D eigenvalue weighted by Crippen LogP contribution is 2.32. The number of ether oxygens (including phenoxy) is 2. The zero-order valence-electron chi connectivity index (χ0n) is 12.7. The fourth-order valence-corrected chi connectivity index (χ4v) is 3.45. The molecular formula is C17H19NO4S. The van der Waals surface area contributed by atoms with E-state index in [9.17, 15) is 8.42 Å². The molecule has 5 nitrogen and oxygen atoms in total. The van der Waals surface area contributed by atoms with Crippen LogP contribution in [0.4, 0.5) is 5.69 Å². The van der Waals surface area contributed by atoms with Gasteiger partial charge in [0.1, 0.15) is 0 Å². The molecule has 0 saturated heterocycles. The molecule has 0 fully saturated rings. The zero-order valence-corrected chi connectivity index (χ0v) is 13.5. The van der Waals surface area contributed by atoms with Crippen LogP contribution in [0, 0.1) is 0 Å². The molecule has 3 rings (SSSR count). The average Bonchev–Trinajstić information content (AvgIpc) is 2.78. The summed E-state index contributed by atoms with van der Waals surface area (Å²) in [5.41, 5.74) is 1.49. The standard InChI is InChI=1S/C17H19NO4S/c19-23(20,12-9-14-5-2-1-3-6-14)18-15-7-8-16-17(13-15)22-11-4-10-21-16/h1-3,5-8,13,18H,4,9-12H2. The van der Waals surface area contributed by atoms with E-state index in [4.69, 9.17) is 9.47 Å². The predicted molar refractivity (Wildman–Crippen MR) is 89.6 cm³/mol. The molecule has 122 valence electrons. The minimum Gasteiger partial charge on any atom is -0.490 e. The summed E-state index contributed by atoms with van der Waals surface area (Å²) in [5, 5.41) is 0. The highest BCUT2D eigenvalue weighted by molar-refractivity contribution is 7.92. The summed E-state index contributed by atoms with van der Waals surface area (Å²) in [6.45, 7) is 1.17. The first kappa shape index (κ1) is 15.7. The lowest BCUT2D eigenvalue weighted by Crippen LogP contribution is -2.18. The van der Waals surface area contributed by atoms with E-state index in [2.05, 4.69) is 4.72 Å². The molecule has 0 amide bonds. The second-order valence-electron chi connectivity index (χ2n) is 5.37. The summed E-state index contributed by atoms with van der Waals surface area (Å²) in [6.07, 6.45) is 1.29. The summed E-state index contributed by atoms with van der Waals surface area (Å²) in [6, 6.07) is 14.6. The van der Waals surface area contributed by atoms with Crippen LogP contribution in [-0.4, -0.2) is 27.4 Å². The number of rotatable bonds is 5. The number of aryl methyl sites for hydroxylation is 1. The van der Waals surface area contributed by atoms with Gasteiger partial charge < -0.3 is 9.47 Å². The third-order valence-electron chi connectivity index (χ3n) is 3.52. The largest absolute Gasteiger partial charge is 0.490 e. The molecule has 0 radical (unpaired) electrons. The number of nitrogens with one attached hydrogen (secondary N) is 1. The molecule has 0 saturated carbocycles. The smallest absolute Gasteiger partial charge is 0.233 e. The number of hydrogen-bond acceptors (Lipinski definition) is 4. The molecule has 0 unspecified atom stereocenters. The Labute approximate surface area is 136 Å². The van der Waals surface area contributed by atoms with Gasteiger partial charge in [0.2, 0.25) is 10.0 Å². The van der Waals surface area contributed by atoms with Crippen LogP contribution in [-0.2, 0) is 16.4 Å². The lowest BCUT2D eigenvalue weighted by Gasteiger charge is -2.11. The molecule has 0 aliphatic carbocycles. The van der Waals surface area contributed by atoms with Crippen LogP contribution in [0.5, 0.6) is 11.5 Å². The molecule has 23 heavy (non-hydrogen) atoms. The number of sulfonamides is 1. The van der Waals surface area contributed by atoms with Crippen molar-refractivity contribution in [2.45, 2.75) is 12.8 Å². The van der Waals surface area contributed by atoms with Gasteiger partial charge in [-0.15, -0.1) is 0 Å². The summed E-state index contributed by atoms with van der Waals surface area (Å²) < 4.78 is 38.2. The molecule has 6 heteroatoms. The van der Waals surface area contributed by atoms with Crippen LogP contribution in [0.2, 0.25) is 0 Å². The molecule has 0 spiro atoms. The molecule has 0 bridgehead atoms. The van der Waals surface area contributed by atoms with E-state index in [0.29, 0.717) is 36.8 Å². The summed E-state index contributed by atoms with van der Waals surface area (Å²) in [7, 11) is -3.41. The third-order valence-corrected chi connectivity index (χ3v) is 4.81. The Balaban J connectivity index is 1.67. The van der Waals surface area contributed by atoms with Crippen LogP contribution >= 0.6 is 0 Å². The van der Waals surface area contributed by atoms with Crippen molar-refractivity contribution < 1.29 is 17.9 Å². The van der Waals surface area contributed by atoms with Gasteiger partial charge >= 0.3 is 0 Å². The van der Waals surface area contributed by atoms with Crippen LogP contribution in [0.15, 0.2) is 48.5 Å². The van der Waals surface area contributed by atoms with E-state index in [-0.39, 0.29) is 5.75 Å². The first-order chi connectivity index (χ1) is 11.1. The number of anilines is 1. The normalized spacial score (nSPS) is 14.1. The molecule has 0 atom stereocenters. The van der Waals surface area contributed by atoms with Crippen molar-refractivity contribution in [3.05, 3.63) is 54.1 Å². The first-order valence-corrected chi connectivity index (χ1v) is 9.22. The molecule has 2 aromatic rings. The lowest BCUT2D eigenvalue weighted by molar-refractivity contribution is 0.297. The predicted octanol–water partition coefficient (Wildman–Crippen LogP) is 2.83. The van der Waals surface area contributed by atoms with Gasteiger partial charge in [-0.3, -0.25) is 4.72 Å². The summed E-state index contributed by atoms with van der Waals surface area (Å²) in [4.78, 5) is 0. The highest BCUT2D eigenvalue weighted by atomic mass is 32.2. The fraction of sp³-hybridized carbons (Fsp3) is 0.294. The van der Waals surface area contributed by atoms with Gasteiger partial charge in [-0.25, -0.2) is 8.42 Å². The SMILES string of the molecule is O=S(=O)(CCc1ccccc1)Nc1ccc2c(c1)OCCCO2. The molecule has 1 aliphatic heterocycles. The maximum atomic E-state index is 12.2. The number of fused-ring (bicyclic) bond motifs is 1. The average molecular weight is 333 g/mol. The maximum absolute atomic E-state index is 12.2. The Bertz CT molecular complexity index is 759. The zero-order chi connectivity index (χ0) is 16.1. The van der Waals surface area contributed by atoms with Crippen molar-refractivity contribution in [2.75, 3.05) is 23.7 Å². The lowest BCUT2D eigenvalue weighted by atomic mass is 10.2. The van der Waals surface area contributed by atoms with Gasteiger partial charge in [0, 0.05) is 12.5 Å². The summed E-state index contributed by atoms with van der Waals surface area (Å²) in [5.74, 6) is 1.26. The first-order valence-electron chi connectivity index (χ1n) is 7.56. The fourth-order valence-electron chi connectivity index (χ4n) is 2.35. The number of benzene rings is 2. The monoisotopic (exact) mass is 333 g/mol. The maximum Gasteiger partial charge on any atom is 0.233 e. The Morgan fingerprint density at radius 1 is 0.957 bits per heavy atom. The van der Waals surface area contributed by atoms with Crippen molar-refractivity contribution >= 4 is 15.7 Å². The Morgan fingerprint density at radius 3 is 2.48 bits per heavy atom. The van der Waals surface area contributed by atoms with E-state index < -0.39 is 10.0 Å². The van der Waals surface area contributed by atoms with Crippen LogP contribution in [0.25, 0.3) is 0 Å². The molecule has 1 heterocycles. The van der Waals surface area contributed by atoms with Gasteiger partial charge in [-0.2, -0.15) is 0 Å². The van der Waals surface area contributed by atoms with Crippen LogP contribution < -0.4 is 14.2 Å². The minimum absolute atomic E-state index is 0.0332. The Morgan fingerprint density at radius 2 is 1.70 bits per heavy atom. The van der Waals surface area contributed by atoms with Gasteiger partial charge in [0.25, 0.3) is 0 Å². The van der Waals surface area contributed by atoms with E-state index >= 15 is 0 Å². The highest BCUT2D eigenvalue weighted by Gasteiger charge is 2.14. The van der Waals surface area contributed by atoms with Crippen LogP contribution in [0.1, 0.15) is 12.0 Å². The second kappa shape index (κ2) is 6.91. The molecule has 1 N–H and O–H groups in total. The van der Waals surface area contributed by atoms with E-state index in [0.717, 1.165) is 12.0 Å². The molecule has 1 aliphatic rings. The second-order valence-corrected chi connectivity index (χ2v) is 7.21. The van der Waals surface area contributed by atoms with Crippen LogP contribution in [0.3, 0.4) is 0 Å². The van der Waals surface area contributed by atoms with Gasteiger partial charge in [-0.1, -0.05) is 30.3 Å². The number of hydrogen-bond donors (Lipinski definition) is 1. The molecular weight excluding hydrogens is 314 g/mol. The molecule has 0 aromatic heterocycles. The van der Waals surface area contributed by atoms with E-state index in [1.54, 1.807) is 18.2 Å². The van der Waals surface area contributed by atoms with Crippen molar-refractivity contribution in [1.82, 2.24) is 0 Å². The minimum atomic E-state index is -3.41. The molecule has 2 aromatic carbocycles. The van der Waals surface area contributed by atoms with Crippen molar-refractivity contribution in [3.8, 4) is 11.5 Å². The van der Waals surface area contributed by atoms with Crippen molar-refractivity contribution in [1.29, 1.82) is 0 Å². The third kappa shape index (κ3) is 4.39. The van der Waals surface area contributed by atoms with Gasteiger partial charge in [-0.05, 0) is 24.1 Å². The van der Waals surface area contributed by atoms with E-state index in [1.807, 2.05) is 30.3 Å². The topological polar surface area (TPSA) is 64.6 Å². The Kier molecular flexibility index (Phi) is 4.71. The van der Waals surface area contributed by atoms with Crippen molar-refractivity contribution in [2.24, 2.45) is 0 Å². The summed E-state index contributed by atoms with van der Waals surface area (Å²) >= 11 is 0. The van der Waals surface area contributed by atoms with Gasteiger partial charge in [0.05, 0.1) is 24.7 Å². The Hall–Kier alpha value is -2.21.